The molecule has 0 spiro atoms. The monoisotopic (exact) mass is 301 g/mol. The zero-order chi connectivity index (χ0) is 13.9. The summed E-state index contributed by atoms with van der Waals surface area (Å²) in [7, 11) is -2.21. The summed E-state index contributed by atoms with van der Waals surface area (Å²) in [6, 6.07) is 3.27. The average molecular weight is 301 g/mol. The number of methoxy groups -OCH3 is 1. The minimum atomic E-state index is -3.65. The first-order valence-electron chi connectivity index (χ1n) is 5.99. The molecule has 1 aromatic rings. The zero-order valence-corrected chi connectivity index (χ0v) is 12.2. The fraction of sp³-hybridized carbons (Fsp3) is 0.636. The fourth-order valence-electron chi connectivity index (χ4n) is 2.25. The minimum absolute atomic E-state index is 0.0715. The highest BCUT2D eigenvalue weighted by Gasteiger charge is 2.34. The first kappa shape index (κ1) is 14.2. The molecule has 0 unspecified atom stereocenters. The Morgan fingerprint density at radius 3 is 2.79 bits per heavy atom. The van der Waals surface area contributed by atoms with Gasteiger partial charge in [0.05, 0.1) is 13.2 Å². The lowest BCUT2D eigenvalue weighted by Crippen LogP contribution is -2.38. The summed E-state index contributed by atoms with van der Waals surface area (Å²) in [4.78, 5) is 0. The molecule has 2 rings (SSSR count). The highest BCUT2D eigenvalue weighted by molar-refractivity contribution is 7.91. The summed E-state index contributed by atoms with van der Waals surface area (Å²) in [5.41, 5.74) is 0. The van der Waals surface area contributed by atoms with E-state index in [0.29, 0.717) is 0 Å². The van der Waals surface area contributed by atoms with Crippen molar-refractivity contribution in [3.05, 3.63) is 6.07 Å². The van der Waals surface area contributed by atoms with Crippen LogP contribution in [0.15, 0.2) is 10.3 Å². The molecule has 1 fully saturated rings. The number of aromatic nitrogens is 1. The number of nitriles is 1. The van der Waals surface area contributed by atoms with Gasteiger partial charge in [-0.3, -0.25) is 0 Å². The SMILES string of the molecule is COc1cc(S(=O)(=O)N(CC#N)C2CCCC2)sn1. The van der Waals surface area contributed by atoms with Gasteiger partial charge in [-0.05, 0) is 24.4 Å². The Bertz CT molecular complexity index is 570. The van der Waals surface area contributed by atoms with Crippen molar-refractivity contribution < 1.29 is 13.2 Å². The molecule has 0 amide bonds. The topological polar surface area (TPSA) is 83.3 Å². The van der Waals surface area contributed by atoms with E-state index in [9.17, 15) is 8.42 Å². The van der Waals surface area contributed by atoms with Gasteiger partial charge in [0, 0.05) is 12.1 Å². The molecule has 1 saturated carbocycles. The summed E-state index contributed by atoms with van der Waals surface area (Å²) >= 11 is 0.880. The maximum Gasteiger partial charge on any atom is 0.255 e. The molecule has 1 aliphatic carbocycles. The van der Waals surface area contributed by atoms with Gasteiger partial charge in [0.25, 0.3) is 10.0 Å². The van der Waals surface area contributed by atoms with Crippen LogP contribution in [-0.2, 0) is 10.0 Å². The predicted octanol–water partition coefficient (Wildman–Crippen LogP) is 1.61. The lowest BCUT2D eigenvalue weighted by atomic mass is 10.2. The zero-order valence-electron chi connectivity index (χ0n) is 10.6. The third-order valence-electron chi connectivity index (χ3n) is 3.20. The van der Waals surface area contributed by atoms with Crippen molar-refractivity contribution >= 4 is 21.6 Å². The minimum Gasteiger partial charge on any atom is -0.480 e. The van der Waals surface area contributed by atoms with Gasteiger partial charge in [0.2, 0.25) is 5.88 Å². The van der Waals surface area contributed by atoms with E-state index in [1.165, 1.54) is 17.5 Å². The average Bonchev–Trinajstić information content (AvgIpc) is 3.06. The Morgan fingerprint density at radius 2 is 2.26 bits per heavy atom. The molecule has 8 heteroatoms. The predicted molar refractivity (Wildman–Crippen MR) is 70.4 cm³/mol. The van der Waals surface area contributed by atoms with E-state index < -0.39 is 10.0 Å². The largest absolute Gasteiger partial charge is 0.480 e. The van der Waals surface area contributed by atoms with Gasteiger partial charge in [0.15, 0.2) is 4.21 Å². The molecule has 0 bridgehead atoms. The standard InChI is InChI=1S/C11H15N3O3S2/c1-17-10-8-11(18-13-10)19(15,16)14(7-6-12)9-4-2-3-5-9/h8-9H,2-5,7H2,1H3. The van der Waals surface area contributed by atoms with Crippen molar-refractivity contribution in [2.24, 2.45) is 0 Å². The molecule has 0 N–H and O–H groups in total. The second-order valence-electron chi connectivity index (χ2n) is 4.33. The van der Waals surface area contributed by atoms with E-state index in [2.05, 4.69) is 4.37 Å². The first-order chi connectivity index (χ1) is 9.09. The molecule has 104 valence electrons. The van der Waals surface area contributed by atoms with Crippen LogP contribution in [0.5, 0.6) is 5.88 Å². The molecule has 1 heterocycles. The van der Waals surface area contributed by atoms with E-state index >= 15 is 0 Å². The molecular weight excluding hydrogens is 286 g/mol. The van der Waals surface area contributed by atoms with Gasteiger partial charge < -0.3 is 4.74 Å². The Balaban J connectivity index is 2.31. The van der Waals surface area contributed by atoms with Crippen LogP contribution in [0.3, 0.4) is 0 Å². The molecule has 1 aliphatic rings. The van der Waals surface area contributed by atoms with Crippen LogP contribution in [0.25, 0.3) is 0 Å². The summed E-state index contributed by atoms with van der Waals surface area (Å²) in [6.45, 7) is -0.118. The Kier molecular flexibility index (Phi) is 4.39. The Labute approximate surface area is 116 Å². The van der Waals surface area contributed by atoms with Gasteiger partial charge in [0.1, 0.15) is 6.54 Å². The smallest absolute Gasteiger partial charge is 0.255 e. The summed E-state index contributed by atoms with van der Waals surface area (Å²) in [5.74, 6) is 0.284. The maximum absolute atomic E-state index is 12.5. The van der Waals surface area contributed by atoms with Crippen LogP contribution in [0.4, 0.5) is 0 Å². The van der Waals surface area contributed by atoms with Gasteiger partial charge in [-0.15, -0.1) is 0 Å². The third-order valence-corrected chi connectivity index (χ3v) is 6.29. The number of rotatable bonds is 5. The highest BCUT2D eigenvalue weighted by atomic mass is 32.2. The summed E-state index contributed by atoms with van der Waals surface area (Å²) in [6.07, 6.45) is 3.65. The number of ether oxygens (including phenoxy) is 1. The molecule has 0 aromatic carbocycles. The molecule has 19 heavy (non-hydrogen) atoms. The van der Waals surface area contributed by atoms with Crippen LogP contribution in [0.2, 0.25) is 0 Å². The van der Waals surface area contributed by atoms with Crippen LogP contribution in [0, 0.1) is 11.3 Å². The van der Waals surface area contributed by atoms with Crippen molar-refractivity contribution in [3.8, 4) is 11.9 Å². The maximum atomic E-state index is 12.5. The fourth-order valence-corrected chi connectivity index (χ4v) is 4.80. The van der Waals surface area contributed by atoms with E-state index in [4.69, 9.17) is 10.00 Å². The van der Waals surface area contributed by atoms with Crippen molar-refractivity contribution in [2.45, 2.75) is 35.9 Å². The van der Waals surface area contributed by atoms with E-state index in [0.717, 1.165) is 37.2 Å². The van der Waals surface area contributed by atoms with Crippen molar-refractivity contribution in [2.75, 3.05) is 13.7 Å². The van der Waals surface area contributed by atoms with Gasteiger partial charge in [-0.2, -0.15) is 13.9 Å². The van der Waals surface area contributed by atoms with E-state index in [1.807, 2.05) is 6.07 Å². The van der Waals surface area contributed by atoms with Crippen molar-refractivity contribution in [3.63, 3.8) is 0 Å². The molecule has 6 nitrogen and oxygen atoms in total. The Morgan fingerprint density at radius 1 is 1.58 bits per heavy atom. The van der Waals surface area contributed by atoms with E-state index in [1.54, 1.807) is 0 Å². The summed E-state index contributed by atoms with van der Waals surface area (Å²) in [5, 5.41) is 8.87. The van der Waals surface area contributed by atoms with Crippen LogP contribution < -0.4 is 4.74 Å². The Hall–Kier alpha value is -1.17. The molecule has 0 saturated heterocycles. The molecule has 1 aromatic heterocycles. The lowest BCUT2D eigenvalue weighted by Gasteiger charge is -2.24. The second kappa shape index (κ2) is 5.86. The van der Waals surface area contributed by atoms with Crippen LogP contribution >= 0.6 is 11.5 Å². The number of nitrogens with zero attached hydrogens (tertiary/aromatic N) is 3. The number of sulfonamides is 1. The molecule has 0 aliphatic heterocycles. The van der Waals surface area contributed by atoms with Crippen molar-refractivity contribution in [1.29, 1.82) is 5.26 Å². The first-order valence-corrected chi connectivity index (χ1v) is 8.20. The van der Waals surface area contributed by atoms with Crippen LogP contribution in [-0.4, -0.2) is 36.8 Å². The molecule has 0 radical (unpaired) electrons. The van der Waals surface area contributed by atoms with E-state index in [-0.39, 0.29) is 22.7 Å². The van der Waals surface area contributed by atoms with Crippen LogP contribution in [0.1, 0.15) is 25.7 Å². The quantitative estimate of drug-likeness (QED) is 0.771. The number of hydrogen-bond acceptors (Lipinski definition) is 6. The van der Waals surface area contributed by atoms with Gasteiger partial charge in [-0.1, -0.05) is 12.8 Å². The third kappa shape index (κ3) is 2.88. The number of hydrogen-bond donors (Lipinski definition) is 0. The lowest BCUT2D eigenvalue weighted by molar-refractivity contribution is 0.351. The molecule has 0 atom stereocenters. The summed E-state index contributed by atoms with van der Waals surface area (Å²) < 4.78 is 35.3. The van der Waals surface area contributed by atoms with Gasteiger partial charge in [-0.25, -0.2) is 8.42 Å². The molecular formula is C11H15N3O3S2. The van der Waals surface area contributed by atoms with Gasteiger partial charge >= 0.3 is 0 Å². The highest BCUT2D eigenvalue weighted by Crippen LogP contribution is 2.31. The normalized spacial score (nSPS) is 16.7. The second-order valence-corrected chi connectivity index (χ2v) is 7.26. The van der Waals surface area contributed by atoms with Crippen molar-refractivity contribution in [1.82, 2.24) is 8.68 Å².